The maximum absolute atomic E-state index is 12.0. The van der Waals surface area contributed by atoms with E-state index in [0.29, 0.717) is 6.07 Å². The van der Waals surface area contributed by atoms with Gasteiger partial charge in [-0.05, 0) is 12.1 Å². The average Bonchev–Trinajstić information content (AvgIpc) is 2.15. The van der Waals surface area contributed by atoms with E-state index in [4.69, 9.17) is 5.73 Å². The summed E-state index contributed by atoms with van der Waals surface area (Å²) in [6.07, 6.45) is -5.07. The highest BCUT2D eigenvalue weighted by atomic mass is 19.4. The minimum Gasteiger partial charge on any atom is -0.393 e. The summed E-state index contributed by atoms with van der Waals surface area (Å²) in [5.74, 6) is -2.14. The molecule has 0 saturated heterocycles. The first-order valence-corrected chi connectivity index (χ1v) is 3.89. The number of rotatable bonds is 2. The van der Waals surface area contributed by atoms with Crippen LogP contribution in [0.4, 0.5) is 24.5 Å². The van der Waals surface area contributed by atoms with Gasteiger partial charge in [-0.1, -0.05) is 0 Å². The van der Waals surface area contributed by atoms with E-state index in [0.717, 1.165) is 12.1 Å². The predicted octanol–water partition coefficient (Wildman–Crippen LogP) is 1.92. The van der Waals surface area contributed by atoms with Crippen LogP contribution in [-0.4, -0.2) is 16.9 Å². The van der Waals surface area contributed by atoms with Crippen molar-refractivity contribution in [3.05, 3.63) is 33.9 Å². The second-order valence-corrected chi connectivity index (χ2v) is 2.86. The second-order valence-electron chi connectivity index (χ2n) is 2.86. The maximum Gasteiger partial charge on any atom is 0.454 e. The van der Waals surface area contributed by atoms with Crippen molar-refractivity contribution in [3.8, 4) is 0 Å². The molecule has 0 aromatic heterocycles. The largest absolute Gasteiger partial charge is 0.454 e. The van der Waals surface area contributed by atoms with Gasteiger partial charge < -0.3 is 5.73 Å². The number of hydrogen-bond acceptors (Lipinski definition) is 4. The summed E-state index contributed by atoms with van der Waals surface area (Å²) in [6, 6.07) is 2.18. The number of nitrogens with zero attached hydrogens (tertiary/aromatic N) is 1. The molecule has 0 atom stereocenters. The molecular formula is C8H5F3N2O3. The summed E-state index contributed by atoms with van der Waals surface area (Å²) in [5, 5.41) is 10.4. The van der Waals surface area contributed by atoms with E-state index >= 15 is 0 Å². The molecule has 1 aromatic carbocycles. The molecule has 0 heterocycles. The van der Waals surface area contributed by atoms with Crippen molar-refractivity contribution in [1.82, 2.24) is 0 Å². The number of benzene rings is 1. The molecule has 1 aromatic rings. The Balaban J connectivity index is 3.24. The Kier molecular flexibility index (Phi) is 2.84. The van der Waals surface area contributed by atoms with Crippen molar-refractivity contribution in [2.24, 2.45) is 0 Å². The predicted molar refractivity (Wildman–Crippen MR) is 47.9 cm³/mol. The van der Waals surface area contributed by atoms with Crippen LogP contribution in [0.25, 0.3) is 0 Å². The molecule has 0 spiro atoms. The molecule has 0 aliphatic carbocycles. The Morgan fingerprint density at radius 1 is 1.38 bits per heavy atom. The first-order valence-electron chi connectivity index (χ1n) is 3.89. The monoisotopic (exact) mass is 234 g/mol. The zero-order valence-corrected chi connectivity index (χ0v) is 7.62. The fourth-order valence-corrected chi connectivity index (χ4v) is 1.01. The second kappa shape index (κ2) is 3.80. The third-order valence-electron chi connectivity index (χ3n) is 1.75. The number of carbonyl (C=O) groups excluding carboxylic acids is 1. The number of alkyl halides is 3. The van der Waals surface area contributed by atoms with Gasteiger partial charge in [-0.2, -0.15) is 13.2 Å². The fourth-order valence-electron chi connectivity index (χ4n) is 1.01. The van der Waals surface area contributed by atoms with E-state index < -0.39 is 28.1 Å². The lowest BCUT2D eigenvalue weighted by Crippen LogP contribution is -2.22. The minimum atomic E-state index is -5.07. The molecule has 0 aliphatic rings. The van der Waals surface area contributed by atoms with Crippen LogP contribution in [0.2, 0.25) is 0 Å². The first-order chi connectivity index (χ1) is 7.23. The number of ketones is 1. The van der Waals surface area contributed by atoms with E-state index in [1.807, 2.05) is 0 Å². The van der Waals surface area contributed by atoms with Crippen molar-refractivity contribution in [1.29, 1.82) is 0 Å². The van der Waals surface area contributed by atoms with E-state index in [2.05, 4.69) is 0 Å². The van der Waals surface area contributed by atoms with E-state index in [1.54, 1.807) is 0 Å². The van der Waals surface area contributed by atoms with Crippen LogP contribution in [0.15, 0.2) is 18.2 Å². The van der Waals surface area contributed by atoms with E-state index in [9.17, 15) is 28.1 Å². The Labute approximate surface area is 86.8 Å². The number of nitro groups is 1. The molecule has 5 nitrogen and oxygen atoms in total. The summed E-state index contributed by atoms with van der Waals surface area (Å²) in [7, 11) is 0. The van der Waals surface area contributed by atoms with Gasteiger partial charge >= 0.3 is 6.18 Å². The molecule has 86 valence electrons. The highest BCUT2D eigenvalue weighted by molar-refractivity contribution is 6.01. The van der Waals surface area contributed by atoms with Crippen molar-refractivity contribution in [2.45, 2.75) is 6.18 Å². The molecule has 8 heteroatoms. The van der Waals surface area contributed by atoms with Crippen LogP contribution >= 0.6 is 0 Å². The summed E-state index contributed by atoms with van der Waals surface area (Å²) in [5.41, 5.74) is 3.32. The van der Waals surface area contributed by atoms with Crippen LogP contribution in [0.3, 0.4) is 0 Å². The molecule has 0 bridgehead atoms. The Morgan fingerprint density at radius 3 is 2.38 bits per heavy atom. The zero-order valence-electron chi connectivity index (χ0n) is 7.62. The summed E-state index contributed by atoms with van der Waals surface area (Å²) in [6.45, 7) is 0. The van der Waals surface area contributed by atoms with E-state index in [-0.39, 0.29) is 5.69 Å². The summed E-state index contributed by atoms with van der Waals surface area (Å²) >= 11 is 0. The zero-order chi connectivity index (χ0) is 12.5. The van der Waals surface area contributed by atoms with Crippen LogP contribution in [-0.2, 0) is 0 Å². The topological polar surface area (TPSA) is 86.2 Å². The Bertz CT molecular complexity index is 456. The first kappa shape index (κ1) is 12.0. The molecule has 1 rings (SSSR count). The van der Waals surface area contributed by atoms with Crippen molar-refractivity contribution < 1.29 is 22.9 Å². The molecule has 0 radical (unpaired) electrons. The number of nitrogen functional groups attached to an aromatic ring is 1. The van der Waals surface area contributed by atoms with Crippen molar-refractivity contribution in [2.75, 3.05) is 5.73 Å². The number of nitro benzene ring substituents is 1. The number of anilines is 1. The quantitative estimate of drug-likeness (QED) is 0.366. The number of carbonyl (C=O) groups is 1. The smallest absolute Gasteiger partial charge is 0.393 e. The van der Waals surface area contributed by atoms with Gasteiger partial charge in [0.1, 0.15) is 5.69 Å². The third-order valence-corrected chi connectivity index (χ3v) is 1.75. The van der Waals surface area contributed by atoms with Gasteiger partial charge in [0, 0.05) is 11.6 Å². The highest BCUT2D eigenvalue weighted by Gasteiger charge is 2.39. The van der Waals surface area contributed by atoms with Gasteiger partial charge in [0.25, 0.3) is 11.5 Å². The summed E-state index contributed by atoms with van der Waals surface area (Å²) in [4.78, 5) is 20.2. The number of halogens is 3. The molecule has 0 aliphatic heterocycles. The fraction of sp³-hybridized carbons (Fsp3) is 0.125. The number of hydrogen-bond donors (Lipinski definition) is 1. The van der Waals surface area contributed by atoms with Crippen molar-refractivity contribution in [3.63, 3.8) is 0 Å². The number of Topliss-reactive ketones (excluding diaryl/α,β-unsaturated/α-hetero) is 1. The Morgan fingerprint density at radius 2 is 1.94 bits per heavy atom. The Hall–Kier alpha value is -2.12. The molecule has 0 fully saturated rings. The number of nitrogens with two attached hydrogens (primary N) is 1. The lowest BCUT2D eigenvalue weighted by Gasteiger charge is -2.05. The van der Waals surface area contributed by atoms with E-state index in [1.165, 1.54) is 0 Å². The maximum atomic E-state index is 12.0. The molecule has 0 unspecified atom stereocenters. The molecule has 16 heavy (non-hydrogen) atoms. The average molecular weight is 234 g/mol. The molecular weight excluding hydrogens is 229 g/mol. The molecule has 0 saturated carbocycles. The highest BCUT2D eigenvalue weighted by Crippen LogP contribution is 2.27. The molecule has 0 amide bonds. The molecule has 2 N–H and O–H groups in total. The van der Waals surface area contributed by atoms with Gasteiger partial charge in [0.15, 0.2) is 0 Å². The van der Waals surface area contributed by atoms with Crippen LogP contribution in [0.5, 0.6) is 0 Å². The van der Waals surface area contributed by atoms with Gasteiger partial charge in [0.05, 0.1) is 4.92 Å². The van der Waals surface area contributed by atoms with Gasteiger partial charge in [-0.25, -0.2) is 0 Å². The minimum absolute atomic E-state index is 0.302. The third kappa shape index (κ3) is 2.27. The SMILES string of the molecule is Nc1ccc(C(=O)C(F)(F)F)cc1[N+](=O)[O-]. The van der Waals surface area contributed by atoms with Gasteiger partial charge in [-0.15, -0.1) is 0 Å². The lowest BCUT2D eigenvalue weighted by atomic mass is 10.1. The standard InChI is InChI=1S/C8H5F3N2O3/c9-8(10,11)7(14)4-1-2-5(12)6(3-4)13(15)16/h1-3H,12H2. The van der Waals surface area contributed by atoms with Crippen LogP contribution in [0.1, 0.15) is 10.4 Å². The normalized spacial score (nSPS) is 11.2. The summed E-state index contributed by atoms with van der Waals surface area (Å²) < 4.78 is 36.1. The van der Waals surface area contributed by atoms with Gasteiger partial charge in [0.2, 0.25) is 0 Å². The van der Waals surface area contributed by atoms with Crippen LogP contribution in [0, 0.1) is 10.1 Å². The van der Waals surface area contributed by atoms with Crippen LogP contribution < -0.4 is 5.73 Å². The van der Waals surface area contributed by atoms with Gasteiger partial charge in [-0.3, -0.25) is 14.9 Å². The van der Waals surface area contributed by atoms with Crippen molar-refractivity contribution >= 4 is 17.2 Å². The lowest BCUT2D eigenvalue weighted by molar-refractivity contribution is -0.383.